The lowest BCUT2D eigenvalue weighted by Crippen LogP contribution is -2.17. The molecule has 0 aliphatic rings. The molecule has 1 aromatic carbocycles. The molecule has 0 spiro atoms. The number of rotatable bonds is 5. The van der Waals surface area contributed by atoms with Gasteiger partial charge in [0.05, 0.1) is 12.1 Å². The summed E-state index contributed by atoms with van der Waals surface area (Å²) in [5.74, 6) is -1.08. The maximum Gasteiger partial charge on any atom is 0.214 e. The average Bonchev–Trinajstić information content (AvgIpc) is 2.42. The first-order valence-electron chi connectivity index (χ1n) is 5.51. The van der Waals surface area contributed by atoms with Gasteiger partial charge in [0.2, 0.25) is 6.29 Å². The maximum atomic E-state index is 12.0. The molecule has 1 atom stereocenters. The molecule has 1 heterocycles. The molecule has 0 saturated heterocycles. The van der Waals surface area contributed by atoms with Crippen molar-refractivity contribution in [3.8, 4) is 0 Å². The molecule has 0 saturated carbocycles. The third-order valence-corrected chi connectivity index (χ3v) is 2.54. The van der Waals surface area contributed by atoms with E-state index in [0.717, 1.165) is 0 Å². The van der Waals surface area contributed by atoms with Crippen LogP contribution < -0.4 is 0 Å². The highest BCUT2D eigenvalue weighted by Gasteiger charge is 2.21. The first kappa shape index (κ1) is 12.1. The van der Waals surface area contributed by atoms with E-state index in [0.29, 0.717) is 11.3 Å². The van der Waals surface area contributed by atoms with Crippen molar-refractivity contribution in [3.63, 3.8) is 0 Å². The molecular weight excluding hydrogens is 228 g/mol. The van der Waals surface area contributed by atoms with Gasteiger partial charge in [0.15, 0.2) is 5.78 Å². The summed E-state index contributed by atoms with van der Waals surface area (Å²) in [6, 6.07) is 8.89. The number of aromatic nitrogens is 2. The Kier molecular flexibility index (Phi) is 3.91. The summed E-state index contributed by atoms with van der Waals surface area (Å²) in [7, 11) is 0. The molecule has 0 amide bonds. The van der Waals surface area contributed by atoms with E-state index in [1.54, 1.807) is 30.6 Å². The fraction of sp³-hybridized carbons (Fsp3) is 0.143. The van der Waals surface area contributed by atoms with Crippen LogP contribution in [0.4, 0.5) is 0 Å². The molecule has 4 nitrogen and oxygen atoms in total. The zero-order valence-corrected chi connectivity index (χ0v) is 9.61. The van der Waals surface area contributed by atoms with Crippen molar-refractivity contribution < 1.29 is 9.59 Å². The van der Waals surface area contributed by atoms with E-state index in [-0.39, 0.29) is 12.2 Å². The molecule has 0 fully saturated rings. The molecule has 0 bridgehead atoms. The number of Topliss-reactive ketones (excluding diaryl/α,β-unsaturated/α-hetero) is 1. The Labute approximate surface area is 105 Å². The molecule has 2 aromatic rings. The number of hydrogen-bond acceptors (Lipinski definition) is 4. The normalized spacial score (nSPS) is 11.8. The molecular formula is C14H11N2O2. The van der Waals surface area contributed by atoms with Gasteiger partial charge in [-0.15, -0.1) is 0 Å². The van der Waals surface area contributed by atoms with Crippen LogP contribution >= 0.6 is 0 Å². The lowest BCUT2D eigenvalue weighted by Gasteiger charge is -2.08. The third kappa shape index (κ3) is 2.85. The quantitative estimate of drug-likeness (QED) is 0.741. The molecule has 18 heavy (non-hydrogen) atoms. The van der Waals surface area contributed by atoms with Crippen LogP contribution in [0, 0.1) is 0 Å². The minimum atomic E-state index is -0.854. The fourth-order valence-corrected chi connectivity index (χ4v) is 1.67. The van der Waals surface area contributed by atoms with E-state index in [1.165, 1.54) is 18.6 Å². The van der Waals surface area contributed by atoms with Crippen molar-refractivity contribution in [1.82, 2.24) is 9.97 Å². The van der Waals surface area contributed by atoms with Crippen LogP contribution in [-0.2, 0) is 16.0 Å². The first-order chi connectivity index (χ1) is 8.81. The highest BCUT2D eigenvalue weighted by atomic mass is 16.1. The van der Waals surface area contributed by atoms with Gasteiger partial charge < -0.3 is 0 Å². The Morgan fingerprint density at radius 3 is 2.61 bits per heavy atom. The van der Waals surface area contributed by atoms with Crippen molar-refractivity contribution in [1.29, 1.82) is 0 Å². The highest BCUT2D eigenvalue weighted by Crippen LogP contribution is 2.15. The number of carbonyl (C=O) groups excluding carboxylic acids is 2. The summed E-state index contributed by atoms with van der Waals surface area (Å²) < 4.78 is 0. The van der Waals surface area contributed by atoms with Crippen LogP contribution in [0.25, 0.3) is 0 Å². The van der Waals surface area contributed by atoms with E-state index < -0.39 is 5.92 Å². The van der Waals surface area contributed by atoms with Crippen molar-refractivity contribution >= 4 is 12.1 Å². The molecule has 4 heteroatoms. The van der Waals surface area contributed by atoms with Gasteiger partial charge in [-0.3, -0.25) is 19.6 Å². The second kappa shape index (κ2) is 5.82. The Bertz CT molecular complexity index is 526. The fourth-order valence-electron chi connectivity index (χ4n) is 1.67. The van der Waals surface area contributed by atoms with Gasteiger partial charge in [-0.25, -0.2) is 0 Å². The lowest BCUT2D eigenvalue weighted by atomic mass is 9.94. The van der Waals surface area contributed by atoms with Crippen LogP contribution in [0.3, 0.4) is 0 Å². The van der Waals surface area contributed by atoms with E-state index in [1.807, 2.05) is 6.07 Å². The number of hydrogen-bond donors (Lipinski definition) is 0. The van der Waals surface area contributed by atoms with E-state index in [9.17, 15) is 9.59 Å². The number of carbonyl (C=O) groups is 1. The molecule has 1 aromatic heterocycles. The number of benzene rings is 1. The van der Waals surface area contributed by atoms with Gasteiger partial charge in [0.25, 0.3) is 0 Å². The highest BCUT2D eigenvalue weighted by molar-refractivity contribution is 5.99. The van der Waals surface area contributed by atoms with Crippen LogP contribution in [0.15, 0.2) is 48.9 Å². The topological polar surface area (TPSA) is 59.9 Å². The second-order valence-corrected chi connectivity index (χ2v) is 3.80. The monoisotopic (exact) mass is 239 g/mol. The molecule has 1 radical (unpaired) electrons. The number of ketones is 1. The molecule has 0 aliphatic carbocycles. The minimum Gasteiger partial charge on any atom is -0.298 e. The van der Waals surface area contributed by atoms with Crippen molar-refractivity contribution in [2.45, 2.75) is 12.3 Å². The van der Waals surface area contributed by atoms with Crippen LogP contribution in [-0.4, -0.2) is 22.0 Å². The number of nitrogens with zero attached hydrogens (tertiary/aromatic N) is 2. The van der Waals surface area contributed by atoms with Gasteiger partial charge in [0, 0.05) is 18.6 Å². The van der Waals surface area contributed by atoms with Crippen molar-refractivity contribution in [2.75, 3.05) is 0 Å². The van der Waals surface area contributed by atoms with Gasteiger partial charge in [-0.05, 0) is 5.56 Å². The standard InChI is InChI=1S/C14H11N2O2/c17-10-13(11-4-2-1-3-5-11)14(18)8-12-9-15-6-7-16-12/h1-7,9,13H,8H2. The van der Waals surface area contributed by atoms with E-state index in [4.69, 9.17) is 0 Å². The molecule has 0 aliphatic heterocycles. The largest absolute Gasteiger partial charge is 0.298 e. The third-order valence-electron chi connectivity index (χ3n) is 2.54. The lowest BCUT2D eigenvalue weighted by molar-refractivity contribution is -0.118. The zero-order valence-electron chi connectivity index (χ0n) is 9.61. The molecule has 0 N–H and O–H groups in total. The Balaban J connectivity index is 2.14. The SMILES string of the molecule is O=[C]C(C(=O)Cc1cnccn1)c1ccccc1. The van der Waals surface area contributed by atoms with Gasteiger partial charge >= 0.3 is 0 Å². The first-order valence-corrected chi connectivity index (χ1v) is 5.51. The molecule has 2 rings (SSSR count). The Morgan fingerprint density at radius 2 is 2.00 bits per heavy atom. The minimum absolute atomic E-state index is 0.0860. The summed E-state index contributed by atoms with van der Waals surface area (Å²) in [6.45, 7) is 0. The summed E-state index contributed by atoms with van der Waals surface area (Å²) in [6.07, 6.45) is 6.45. The molecule has 1 unspecified atom stereocenters. The van der Waals surface area contributed by atoms with Crippen LogP contribution in [0.1, 0.15) is 17.2 Å². The molecule has 89 valence electrons. The van der Waals surface area contributed by atoms with Crippen LogP contribution in [0.2, 0.25) is 0 Å². The Hall–Kier alpha value is -2.36. The Morgan fingerprint density at radius 1 is 1.22 bits per heavy atom. The summed E-state index contributed by atoms with van der Waals surface area (Å²) in [4.78, 5) is 30.9. The van der Waals surface area contributed by atoms with E-state index >= 15 is 0 Å². The van der Waals surface area contributed by atoms with Crippen LogP contribution in [0.5, 0.6) is 0 Å². The maximum absolute atomic E-state index is 12.0. The van der Waals surface area contributed by atoms with Gasteiger partial charge in [-0.2, -0.15) is 0 Å². The summed E-state index contributed by atoms with van der Waals surface area (Å²) >= 11 is 0. The van der Waals surface area contributed by atoms with Gasteiger partial charge in [-0.1, -0.05) is 30.3 Å². The van der Waals surface area contributed by atoms with E-state index in [2.05, 4.69) is 9.97 Å². The zero-order chi connectivity index (χ0) is 12.8. The predicted molar refractivity (Wildman–Crippen MR) is 65.6 cm³/mol. The van der Waals surface area contributed by atoms with Crippen molar-refractivity contribution in [3.05, 3.63) is 60.2 Å². The summed E-state index contributed by atoms with van der Waals surface area (Å²) in [5, 5.41) is 0. The average molecular weight is 239 g/mol. The predicted octanol–water partition coefficient (Wildman–Crippen LogP) is 1.48. The smallest absolute Gasteiger partial charge is 0.214 e. The summed E-state index contributed by atoms with van der Waals surface area (Å²) in [5.41, 5.74) is 1.21. The second-order valence-electron chi connectivity index (χ2n) is 3.80. The van der Waals surface area contributed by atoms with Gasteiger partial charge in [0.1, 0.15) is 5.92 Å². The van der Waals surface area contributed by atoms with Crippen molar-refractivity contribution in [2.24, 2.45) is 0 Å².